The van der Waals surface area contributed by atoms with Gasteiger partial charge in [-0.1, -0.05) is 6.92 Å². The topological polar surface area (TPSA) is 42.5 Å². The fourth-order valence-electron chi connectivity index (χ4n) is 2.56. The lowest BCUT2D eigenvalue weighted by Crippen LogP contribution is -2.45. The van der Waals surface area contributed by atoms with Gasteiger partial charge in [0.25, 0.3) is 0 Å². The highest BCUT2D eigenvalue weighted by atomic mass is 16.5. The van der Waals surface area contributed by atoms with Crippen LogP contribution in [0.5, 0.6) is 0 Å². The first-order valence-corrected chi connectivity index (χ1v) is 6.54. The van der Waals surface area contributed by atoms with Crippen molar-refractivity contribution in [2.75, 3.05) is 39.4 Å². The van der Waals surface area contributed by atoms with E-state index in [-0.39, 0.29) is 0 Å². The van der Waals surface area contributed by atoms with Crippen LogP contribution in [0.1, 0.15) is 19.8 Å². The number of ether oxygens (including phenoxy) is 2. The highest BCUT2D eigenvalue weighted by Gasteiger charge is 2.26. The van der Waals surface area contributed by atoms with Gasteiger partial charge in [-0.05, 0) is 18.8 Å². The first kappa shape index (κ1) is 12.3. The Morgan fingerprint density at radius 1 is 1.25 bits per heavy atom. The summed E-state index contributed by atoms with van der Waals surface area (Å²) in [5, 5.41) is 6.86. The Morgan fingerprint density at radius 2 is 2.19 bits per heavy atom. The second-order valence-corrected chi connectivity index (χ2v) is 4.72. The monoisotopic (exact) mass is 228 g/mol. The molecule has 2 N–H and O–H groups in total. The van der Waals surface area contributed by atoms with E-state index in [2.05, 4.69) is 17.6 Å². The van der Waals surface area contributed by atoms with Gasteiger partial charge in [0, 0.05) is 32.8 Å². The molecule has 2 aliphatic rings. The summed E-state index contributed by atoms with van der Waals surface area (Å²) in [7, 11) is 0. The van der Waals surface area contributed by atoms with Crippen LogP contribution >= 0.6 is 0 Å². The van der Waals surface area contributed by atoms with Gasteiger partial charge in [-0.25, -0.2) is 0 Å². The van der Waals surface area contributed by atoms with Gasteiger partial charge in [-0.2, -0.15) is 0 Å². The summed E-state index contributed by atoms with van der Waals surface area (Å²) in [6, 6.07) is 0. The van der Waals surface area contributed by atoms with Crippen molar-refractivity contribution in [1.29, 1.82) is 0 Å². The lowest BCUT2D eigenvalue weighted by Gasteiger charge is -2.25. The summed E-state index contributed by atoms with van der Waals surface area (Å²) >= 11 is 0. The molecule has 0 spiro atoms. The van der Waals surface area contributed by atoms with Crippen LogP contribution in [0.25, 0.3) is 0 Å². The van der Waals surface area contributed by atoms with Crippen LogP contribution in [-0.2, 0) is 9.47 Å². The Balaban J connectivity index is 1.59. The van der Waals surface area contributed by atoms with Crippen molar-refractivity contribution in [2.45, 2.75) is 32.0 Å². The van der Waals surface area contributed by atoms with Crippen molar-refractivity contribution in [3.8, 4) is 0 Å². The molecule has 0 amide bonds. The van der Waals surface area contributed by atoms with Crippen molar-refractivity contribution in [3.63, 3.8) is 0 Å². The minimum absolute atomic E-state index is 0.344. The van der Waals surface area contributed by atoms with E-state index in [1.165, 1.54) is 6.42 Å². The van der Waals surface area contributed by atoms with Crippen LogP contribution in [0.3, 0.4) is 0 Å². The van der Waals surface area contributed by atoms with Crippen LogP contribution in [0.15, 0.2) is 0 Å². The lowest BCUT2D eigenvalue weighted by atomic mass is 10.00. The number of hydrogen-bond donors (Lipinski definition) is 2. The van der Waals surface area contributed by atoms with Crippen LogP contribution in [0.2, 0.25) is 0 Å². The van der Waals surface area contributed by atoms with Crippen LogP contribution in [-0.4, -0.2) is 51.6 Å². The third kappa shape index (κ3) is 3.42. The molecule has 0 aromatic rings. The molecule has 0 radical (unpaired) electrons. The quantitative estimate of drug-likeness (QED) is 0.714. The predicted octanol–water partition coefficient (Wildman–Crippen LogP) is 0.380. The highest BCUT2D eigenvalue weighted by molar-refractivity contribution is 4.78. The number of morpholine rings is 1. The van der Waals surface area contributed by atoms with E-state index in [9.17, 15) is 0 Å². The van der Waals surface area contributed by atoms with E-state index in [0.717, 1.165) is 45.8 Å². The van der Waals surface area contributed by atoms with E-state index < -0.39 is 0 Å². The first-order valence-electron chi connectivity index (χ1n) is 6.54. The minimum atomic E-state index is 0.344. The number of hydrogen-bond acceptors (Lipinski definition) is 4. The Morgan fingerprint density at radius 3 is 2.94 bits per heavy atom. The van der Waals surface area contributed by atoms with Crippen molar-refractivity contribution in [2.24, 2.45) is 5.92 Å². The zero-order valence-electron chi connectivity index (χ0n) is 10.2. The van der Waals surface area contributed by atoms with E-state index >= 15 is 0 Å². The molecule has 0 saturated carbocycles. The van der Waals surface area contributed by atoms with E-state index in [1.807, 2.05) is 0 Å². The second-order valence-electron chi connectivity index (χ2n) is 4.72. The van der Waals surface area contributed by atoms with Crippen LogP contribution < -0.4 is 10.6 Å². The maximum Gasteiger partial charge on any atom is 0.0824 e. The smallest absolute Gasteiger partial charge is 0.0824 e. The SMILES string of the molecule is CCC1OCCC1CNCC1CNCCO1. The minimum Gasteiger partial charge on any atom is -0.378 e. The lowest BCUT2D eigenvalue weighted by molar-refractivity contribution is 0.0276. The molecule has 0 bridgehead atoms. The average molecular weight is 228 g/mol. The normalized spacial score (nSPS) is 35.4. The molecule has 2 fully saturated rings. The van der Waals surface area contributed by atoms with Crippen molar-refractivity contribution < 1.29 is 9.47 Å². The number of rotatable bonds is 5. The van der Waals surface area contributed by atoms with E-state index in [0.29, 0.717) is 18.1 Å². The van der Waals surface area contributed by atoms with Gasteiger partial charge in [0.15, 0.2) is 0 Å². The molecule has 2 rings (SSSR count). The van der Waals surface area contributed by atoms with Gasteiger partial charge in [0.05, 0.1) is 18.8 Å². The zero-order chi connectivity index (χ0) is 11.2. The molecule has 2 heterocycles. The predicted molar refractivity (Wildman–Crippen MR) is 63.6 cm³/mol. The van der Waals surface area contributed by atoms with Gasteiger partial charge >= 0.3 is 0 Å². The summed E-state index contributed by atoms with van der Waals surface area (Å²) in [6.07, 6.45) is 3.15. The maximum absolute atomic E-state index is 5.67. The molecule has 3 atom stereocenters. The highest BCUT2D eigenvalue weighted by Crippen LogP contribution is 2.22. The van der Waals surface area contributed by atoms with Crippen LogP contribution in [0, 0.1) is 5.92 Å². The number of nitrogens with one attached hydrogen (secondary N) is 2. The molecule has 0 aromatic heterocycles. The van der Waals surface area contributed by atoms with E-state index in [1.54, 1.807) is 0 Å². The molecule has 94 valence electrons. The second kappa shape index (κ2) is 6.55. The summed E-state index contributed by atoms with van der Waals surface area (Å²) < 4.78 is 11.3. The van der Waals surface area contributed by atoms with Gasteiger partial charge in [0.2, 0.25) is 0 Å². The summed E-state index contributed by atoms with van der Waals surface area (Å²) in [5.74, 6) is 0.696. The largest absolute Gasteiger partial charge is 0.378 e. The van der Waals surface area contributed by atoms with E-state index in [4.69, 9.17) is 9.47 Å². The zero-order valence-corrected chi connectivity index (χ0v) is 10.2. The fraction of sp³-hybridized carbons (Fsp3) is 1.00. The Hall–Kier alpha value is -0.160. The maximum atomic E-state index is 5.67. The molecule has 0 aliphatic carbocycles. The molecular weight excluding hydrogens is 204 g/mol. The average Bonchev–Trinajstić information content (AvgIpc) is 2.78. The van der Waals surface area contributed by atoms with Gasteiger partial charge < -0.3 is 20.1 Å². The first-order chi connectivity index (χ1) is 7.90. The molecule has 16 heavy (non-hydrogen) atoms. The molecule has 4 heteroatoms. The Bertz CT molecular complexity index is 195. The molecule has 2 aliphatic heterocycles. The molecule has 2 saturated heterocycles. The summed E-state index contributed by atoms with van der Waals surface area (Å²) in [5.41, 5.74) is 0. The fourth-order valence-corrected chi connectivity index (χ4v) is 2.56. The Labute approximate surface area is 98.1 Å². The molecular formula is C12H24N2O2. The van der Waals surface area contributed by atoms with Crippen molar-refractivity contribution in [3.05, 3.63) is 0 Å². The Kier molecular flexibility index (Phi) is 5.03. The van der Waals surface area contributed by atoms with Crippen LogP contribution in [0.4, 0.5) is 0 Å². The summed E-state index contributed by atoms with van der Waals surface area (Å²) in [4.78, 5) is 0. The third-order valence-electron chi connectivity index (χ3n) is 3.53. The summed E-state index contributed by atoms with van der Waals surface area (Å²) in [6.45, 7) is 7.98. The van der Waals surface area contributed by atoms with Gasteiger partial charge in [-0.15, -0.1) is 0 Å². The molecule has 0 aromatic carbocycles. The van der Waals surface area contributed by atoms with Gasteiger partial charge in [-0.3, -0.25) is 0 Å². The molecule has 3 unspecified atom stereocenters. The van der Waals surface area contributed by atoms with Crippen molar-refractivity contribution >= 4 is 0 Å². The third-order valence-corrected chi connectivity index (χ3v) is 3.53. The standard InChI is InChI=1S/C12H24N2O2/c1-2-12-10(3-5-16-12)7-14-9-11-8-13-4-6-15-11/h10-14H,2-9H2,1H3. The van der Waals surface area contributed by atoms with Crippen molar-refractivity contribution in [1.82, 2.24) is 10.6 Å². The van der Waals surface area contributed by atoms with Gasteiger partial charge in [0.1, 0.15) is 0 Å². The molecule has 4 nitrogen and oxygen atoms in total.